The van der Waals surface area contributed by atoms with Gasteiger partial charge in [-0.2, -0.15) is 0 Å². The van der Waals surface area contributed by atoms with Gasteiger partial charge in [-0.1, -0.05) is 30.3 Å². The van der Waals surface area contributed by atoms with Crippen molar-refractivity contribution in [3.8, 4) is 0 Å². The van der Waals surface area contributed by atoms with E-state index in [0.717, 1.165) is 32.7 Å². The minimum atomic E-state index is 0.320. The number of ether oxygens (including phenoxy) is 1. The fourth-order valence-electron chi connectivity index (χ4n) is 3.21. The van der Waals surface area contributed by atoms with Gasteiger partial charge in [-0.15, -0.1) is 22.7 Å². The first kappa shape index (κ1) is 16.9. The van der Waals surface area contributed by atoms with Crippen LogP contribution in [-0.2, 0) is 24.4 Å². The number of hydrogen-bond acceptors (Lipinski definition) is 5. The third-order valence-electron chi connectivity index (χ3n) is 4.40. The number of thiazole rings is 1. The van der Waals surface area contributed by atoms with Crippen molar-refractivity contribution in [3.05, 3.63) is 74.4 Å². The van der Waals surface area contributed by atoms with Crippen molar-refractivity contribution in [2.75, 3.05) is 6.61 Å². The van der Waals surface area contributed by atoms with Crippen molar-refractivity contribution in [2.24, 2.45) is 0 Å². The second-order valence-corrected chi connectivity index (χ2v) is 8.54. The molecule has 4 rings (SSSR count). The molecule has 0 saturated carbocycles. The molecule has 1 atom stereocenters. The Kier molecular flexibility index (Phi) is 5.57. The standard InChI is InChI=1S/C20H22N2OS2/c1-2-5-16(6-3-1)13-22(15-20-21-10-12-24-20)14-17-8-9-19(25-17)18-7-4-11-23-18/h1-3,5-6,8-10,12,18H,4,7,11,13-15H2/t18-/m1/s1. The number of hydrogen-bond donors (Lipinski definition) is 0. The summed E-state index contributed by atoms with van der Waals surface area (Å²) in [6, 6.07) is 15.2. The first-order valence-electron chi connectivity index (χ1n) is 8.72. The Morgan fingerprint density at radius 3 is 2.76 bits per heavy atom. The third-order valence-corrected chi connectivity index (χ3v) is 6.33. The van der Waals surface area contributed by atoms with E-state index in [4.69, 9.17) is 4.74 Å². The molecule has 0 aliphatic carbocycles. The van der Waals surface area contributed by atoms with Gasteiger partial charge in [-0.3, -0.25) is 4.90 Å². The predicted molar refractivity (Wildman–Crippen MR) is 104 cm³/mol. The number of benzene rings is 1. The van der Waals surface area contributed by atoms with Gasteiger partial charge in [-0.25, -0.2) is 4.98 Å². The van der Waals surface area contributed by atoms with Crippen LogP contribution in [0.2, 0.25) is 0 Å². The normalized spacial score (nSPS) is 17.4. The molecule has 0 N–H and O–H groups in total. The molecule has 2 aromatic heterocycles. The van der Waals surface area contributed by atoms with Crippen molar-refractivity contribution in [1.82, 2.24) is 9.88 Å². The largest absolute Gasteiger partial charge is 0.373 e. The van der Waals surface area contributed by atoms with Gasteiger partial charge in [0.05, 0.1) is 12.6 Å². The molecule has 3 heterocycles. The molecular weight excluding hydrogens is 348 g/mol. The summed E-state index contributed by atoms with van der Waals surface area (Å²) in [5.41, 5.74) is 1.34. The zero-order valence-electron chi connectivity index (χ0n) is 14.1. The predicted octanol–water partition coefficient (Wildman–Crippen LogP) is 5.26. The number of aromatic nitrogens is 1. The second kappa shape index (κ2) is 8.23. The maximum Gasteiger partial charge on any atom is 0.107 e. The molecule has 0 radical (unpaired) electrons. The molecule has 25 heavy (non-hydrogen) atoms. The lowest BCUT2D eigenvalue weighted by molar-refractivity contribution is 0.114. The monoisotopic (exact) mass is 370 g/mol. The minimum Gasteiger partial charge on any atom is -0.373 e. The van der Waals surface area contributed by atoms with E-state index in [-0.39, 0.29) is 0 Å². The molecule has 0 spiro atoms. The van der Waals surface area contributed by atoms with Crippen LogP contribution in [0.15, 0.2) is 54.0 Å². The second-order valence-electron chi connectivity index (χ2n) is 6.36. The van der Waals surface area contributed by atoms with Crippen LogP contribution in [0.5, 0.6) is 0 Å². The molecule has 5 heteroatoms. The van der Waals surface area contributed by atoms with E-state index in [1.807, 2.05) is 17.5 Å². The van der Waals surface area contributed by atoms with Crippen LogP contribution < -0.4 is 0 Å². The summed E-state index contributed by atoms with van der Waals surface area (Å²) in [6.45, 7) is 3.68. The van der Waals surface area contributed by atoms with E-state index < -0.39 is 0 Å². The van der Waals surface area contributed by atoms with Crippen LogP contribution in [0.1, 0.15) is 39.3 Å². The van der Waals surface area contributed by atoms with E-state index in [9.17, 15) is 0 Å². The quantitative estimate of drug-likeness (QED) is 0.567. The molecule has 3 nitrogen and oxygen atoms in total. The van der Waals surface area contributed by atoms with Gasteiger partial charge in [0.2, 0.25) is 0 Å². The maximum absolute atomic E-state index is 5.83. The fourth-order valence-corrected chi connectivity index (χ4v) is 5.00. The first-order valence-corrected chi connectivity index (χ1v) is 10.4. The highest BCUT2D eigenvalue weighted by Crippen LogP contribution is 2.34. The lowest BCUT2D eigenvalue weighted by Crippen LogP contribution is -2.21. The van der Waals surface area contributed by atoms with E-state index in [1.165, 1.54) is 26.7 Å². The van der Waals surface area contributed by atoms with Gasteiger partial charge in [-0.05, 0) is 30.5 Å². The maximum atomic E-state index is 5.83. The van der Waals surface area contributed by atoms with Gasteiger partial charge in [0.25, 0.3) is 0 Å². The minimum absolute atomic E-state index is 0.320. The zero-order valence-corrected chi connectivity index (χ0v) is 15.8. The Hall–Kier alpha value is -1.53. The first-order chi connectivity index (χ1) is 12.4. The van der Waals surface area contributed by atoms with Gasteiger partial charge in [0, 0.05) is 41.0 Å². The van der Waals surface area contributed by atoms with E-state index in [0.29, 0.717) is 6.10 Å². The molecule has 0 amide bonds. The molecule has 1 saturated heterocycles. The average molecular weight is 371 g/mol. The molecule has 130 valence electrons. The SMILES string of the molecule is c1ccc(CN(Cc2ccc([C@H]3CCCO3)s2)Cc2nccs2)cc1. The topological polar surface area (TPSA) is 25.4 Å². The number of thiophene rings is 1. The van der Waals surface area contributed by atoms with Gasteiger partial charge >= 0.3 is 0 Å². The van der Waals surface area contributed by atoms with Crippen molar-refractivity contribution >= 4 is 22.7 Å². The van der Waals surface area contributed by atoms with Crippen molar-refractivity contribution in [3.63, 3.8) is 0 Å². The highest BCUT2D eigenvalue weighted by atomic mass is 32.1. The van der Waals surface area contributed by atoms with Gasteiger partial charge in [0.1, 0.15) is 5.01 Å². The van der Waals surface area contributed by atoms with Crippen molar-refractivity contribution in [2.45, 2.75) is 38.6 Å². The summed E-state index contributed by atoms with van der Waals surface area (Å²) in [5, 5.41) is 3.23. The summed E-state index contributed by atoms with van der Waals surface area (Å²) in [7, 11) is 0. The third kappa shape index (κ3) is 4.55. The molecular formula is C20H22N2OS2. The highest BCUT2D eigenvalue weighted by Gasteiger charge is 2.20. The van der Waals surface area contributed by atoms with E-state index in [2.05, 4.69) is 57.7 Å². The summed E-state index contributed by atoms with van der Waals surface area (Å²) in [5.74, 6) is 0. The van der Waals surface area contributed by atoms with Crippen LogP contribution in [0.3, 0.4) is 0 Å². The van der Waals surface area contributed by atoms with Crippen LogP contribution >= 0.6 is 22.7 Å². The van der Waals surface area contributed by atoms with E-state index in [1.54, 1.807) is 11.3 Å². The lowest BCUT2D eigenvalue weighted by Gasteiger charge is -2.20. The Bertz CT molecular complexity index is 764. The summed E-state index contributed by atoms with van der Waals surface area (Å²) >= 11 is 3.63. The van der Waals surface area contributed by atoms with Crippen molar-refractivity contribution in [1.29, 1.82) is 0 Å². The Morgan fingerprint density at radius 2 is 2.00 bits per heavy atom. The number of rotatable bonds is 7. The average Bonchev–Trinajstić information content (AvgIpc) is 3.38. The molecule has 1 aliphatic rings. The summed E-state index contributed by atoms with van der Waals surface area (Å²) < 4.78 is 5.83. The molecule has 1 aliphatic heterocycles. The van der Waals surface area contributed by atoms with E-state index >= 15 is 0 Å². The summed E-state index contributed by atoms with van der Waals surface area (Å²) in [4.78, 5) is 9.72. The summed E-state index contributed by atoms with van der Waals surface area (Å²) in [6.07, 6.45) is 4.55. The van der Waals surface area contributed by atoms with Gasteiger partial charge in [0.15, 0.2) is 0 Å². The lowest BCUT2D eigenvalue weighted by atomic mass is 10.2. The zero-order chi connectivity index (χ0) is 16.9. The molecule has 0 bridgehead atoms. The molecule has 3 aromatic rings. The van der Waals surface area contributed by atoms with Crippen LogP contribution in [0.4, 0.5) is 0 Å². The Balaban J connectivity index is 1.47. The van der Waals surface area contributed by atoms with Gasteiger partial charge < -0.3 is 4.74 Å². The van der Waals surface area contributed by atoms with Crippen LogP contribution in [0, 0.1) is 0 Å². The Morgan fingerprint density at radius 1 is 1.08 bits per heavy atom. The fraction of sp³-hybridized carbons (Fsp3) is 0.350. The molecule has 1 aromatic carbocycles. The smallest absolute Gasteiger partial charge is 0.107 e. The molecule has 0 unspecified atom stereocenters. The van der Waals surface area contributed by atoms with Crippen LogP contribution in [0.25, 0.3) is 0 Å². The number of nitrogens with zero attached hydrogens (tertiary/aromatic N) is 2. The highest BCUT2D eigenvalue weighted by molar-refractivity contribution is 7.12. The molecule has 1 fully saturated rings. The Labute approximate surface area is 156 Å². The van der Waals surface area contributed by atoms with Crippen LogP contribution in [-0.4, -0.2) is 16.5 Å². The van der Waals surface area contributed by atoms with Crippen molar-refractivity contribution < 1.29 is 4.74 Å².